The number of hydrogen-bond donors (Lipinski definition) is 2. The van der Waals surface area contributed by atoms with Gasteiger partial charge in [-0.2, -0.15) is 13.2 Å². The second kappa shape index (κ2) is 6.04. The fourth-order valence-corrected chi connectivity index (χ4v) is 1.38. The van der Waals surface area contributed by atoms with Crippen LogP contribution in [0.3, 0.4) is 0 Å². The van der Waals surface area contributed by atoms with Gasteiger partial charge in [0.25, 0.3) is 11.5 Å². The smallest absolute Gasteiger partial charge is 0.310 e. The van der Waals surface area contributed by atoms with Crippen LogP contribution >= 0.6 is 0 Å². The summed E-state index contributed by atoms with van der Waals surface area (Å²) >= 11 is 0. The molecule has 0 spiro atoms. The number of hydroxylamine groups is 1. The van der Waals surface area contributed by atoms with Crippen molar-refractivity contribution in [3.8, 4) is 0 Å². The summed E-state index contributed by atoms with van der Waals surface area (Å²) in [5.41, 5.74) is 0.578. The van der Waals surface area contributed by atoms with Gasteiger partial charge in [-0.25, -0.2) is 10.5 Å². The molecule has 1 rings (SSSR count). The van der Waals surface area contributed by atoms with Crippen LogP contribution in [-0.2, 0) is 4.84 Å². The van der Waals surface area contributed by atoms with Crippen molar-refractivity contribution in [1.82, 2.24) is 15.4 Å². The molecule has 0 aliphatic carbocycles. The normalized spacial score (nSPS) is 11.8. The molecule has 1 aromatic rings. The molecule has 0 aliphatic heterocycles. The lowest BCUT2D eigenvalue weighted by atomic mass is 10.1. The number of carbonyl (C=O) groups excluding carboxylic acids is 1. The first-order valence-corrected chi connectivity index (χ1v) is 5.71. The van der Waals surface area contributed by atoms with Crippen LogP contribution < -0.4 is 11.0 Å². The maximum absolute atomic E-state index is 11.9. The van der Waals surface area contributed by atoms with E-state index in [1.54, 1.807) is 19.3 Å². The zero-order chi connectivity index (χ0) is 15.5. The molecule has 0 saturated carbocycles. The van der Waals surface area contributed by atoms with E-state index in [1.807, 2.05) is 0 Å². The Morgan fingerprint density at radius 1 is 1.45 bits per heavy atom. The molecule has 1 heterocycles. The molecule has 112 valence electrons. The third-order valence-electron chi connectivity index (χ3n) is 2.29. The lowest BCUT2D eigenvalue weighted by Crippen LogP contribution is -2.34. The van der Waals surface area contributed by atoms with E-state index in [0.29, 0.717) is 5.82 Å². The first-order valence-electron chi connectivity index (χ1n) is 5.71. The van der Waals surface area contributed by atoms with Crippen molar-refractivity contribution in [2.24, 2.45) is 0 Å². The molecule has 0 bridgehead atoms. The fraction of sp³-hybridized carbons (Fsp3) is 0.545. The average molecular weight is 293 g/mol. The van der Waals surface area contributed by atoms with E-state index in [0.717, 1.165) is 0 Å². The second-order valence-electron chi connectivity index (χ2n) is 4.40. The molecule has 0 saturated heterocycles. The predicted octanol–water partition coefficient (Wildman–Crippen LogP) is 1.43. The lowest BCUT2D eigenvalue weighted by molar-refractivity contribution is -0.184. The number of amides is 1. The number of nitrogens with one attached hydrogen (secondary N) is 2. The molecule has 9 heteroatoms. The second-order valence-corrected chi connectivity index (χ2v) is 4.40. The zero-order valence-electron chi connectivity index (χ0n) is 11.1. The highest BCUT2D eigenvalue weighted by atomic mass is 19.4. The Hall–Kier alpha value is -1.90. The predicted molar refractivity (Wildman–Crippen MR) is 63.2 cm³/mol. The van der Waals surface area contributed by atoms with Gasteiger partial charge in [0.15, 0.2) is 6.61 Å². The number of nitrogens with zero attached hydrogens (tertiary/aromatic N) is 1. The highest BCUT2D eigenvalue weighted by molar-refractivity contribution is 5.94. The summed E-state index contributed by atoms with van der Waals surface area (Å²) in [7, 11) is 0. The first kappa shape index (κ1) is 16.2. The summed E-state index contributed by atoms with van der Waals surface area (Å²) in [6, 6.07) is 0. The third kappa shape index (κ3) is 4.34. The molecule has 0 fully saturated rings. The Morgan fingerprint density at radius 3 is 2.50 bits per heavy atom. The minimum atomic E-state index is -4.57. The van der Waals surface area contributed by atoms with E-state index >= 15 is 0 Å². The SMILES string of the molecule is Cc1nc(C(C)C)[nH]c(=O)c1C(=O)NOCC(F)(F)F. The molecule has 20 heavy (non-hydrogen) atoms. The number of halogens is 3. The van der Waals surface area contributed by atoms with Crippen LogP contribution in [0.4, 0.5) is 13.2 Å². The van der Waals surface area contributed by atoms with E-state index in [-0.39, 0.29) is 17.2 Å². The van der Waals surface area contributed by atoms with Crippen LogP contribution in [0, 0.1) is 6.92 Å². The van der Waals surface area contributed by atoms with Crippen LogP contribution in [0.5, 0.6) is 0 Å². The molecule has 2 N–H and O–H groups in total. The first-order chi connectivity index (χ1) is 9.11. The number of alkyl halides is 3. The Bertz CT molecular complexity index is 552. The van der Waals surface area contributed by atoms with Gasteiger partial charge in [-0.05, 0) is 6.92 Å². The Morgan fingerprint density at radius 2 is 2.05 bits per heavy atom. The number of aryl methyl sites for hydroxylation is 1. The summed E-state index contributed by atoms with van der Waals surface area (Å²) in [4.78, 5) is 33.7. The van der Waals surface area contributed by atoms with Gasteiger partial charge in [0.1, 0.15) is 11.4 Å². The number of carbonyl (C=O) groups is 1. The van der Waals surface area contributed by atoms with Gasteiger partial charge in [0.05, 0.1) is 5.69 Å². The minimum absolute atomic E-state index is 0.0556. The maximum Gasteiger partial charge on any atom is 0.414 e. The van der Waals surface area contributed by atoms with E-state index < -0.39 is 24.2 Å². The van der Waals surface area contributed by atoms with Crippen LogP contribution in [0.1, 0.15) is 41.6 Å². The minimum Gasteiger partial charge on any atom is -0.310 e. The van der Waals surface area contributed by atoms with Crippen molar-refractivity contribution in [2.75, 3.05) is 6.61 Å². The zero-order valence-corrected chi connectivity index (χ0v) is 11.1. The van der Waals surface area contributed by atoms with Gasteiger partial charge in [-0.1, -0.05) is 13.8 Å². The van der Waals surface area contributed by atoms with Gasteiger partial charge < -0.3 is 4.98 Å². The van der Waals surface area contributed by atoms with Crippen molar-refractivity contribution in [1.29, 1.82) is 0 Å². The lowest BCUT2D eigenvalue weighted by Gasteiger charge is -2.10. The van der Waals surface area contributed by atoms with Crippen LogP contribution in [0.25, 0.3) is 0 Å². The van der Waals surface area contributed by atoms with Gasteiger partial charge in [0, 0.05) is 5.92 Å². The van der Waals surface area contributed by atoms with Crippen LogP contribution in [-0.4, -0.2) is 28.7 Å². The van der Waals surface area contributed by atoms with Gasteiger partial charge in [0.2, 0.25) is 0 Å². The van der Waals surface area contributed by atoms with Gasteiger partial charge in [-0.15, -0.1) is 0 Å². The molecule has 0 radical (unpaired) electrons. The van der Waals surface area contributed by atoms with Crippen LogP contribution in [0.15, 0.2) is 4.79 Å². The standard InChI is InChI=1S/C11H14F3N3O3/c1-5(2)8-15-6(3)7(9(18)16-8)10(19)17-20-4-11(12,13)14/h5H,4H2,1-3H3,(H,17,19)(H,15,16,18). The van der Waals surface area contributed by atoms with E-state index in [1.165, 1.54) is 6.92 Å². The molecule has 0 atom stereocenters. The number of rotatable bonds is 4. The fourth-order valence-electron chi connectivity index (χ4n) is 1.38. The highest BCUT2D eigenvalue weighted by Gasteiger charge is 2.28. The average Bonchev–Trinajstić information content (AvgIpc) is 2.25. The summed E-state index contributed by atoms with van der Waals surface area (Å²) in [6.45, 7) is 3.36. The number of aromatic amines is 1. The van der Waals surface area contributed by atoms with Crippen molar-refractivity contribution in [3.05, 3.63) is 27.4 Å². The largest absolute Gasteiger partial charge is 0.414 e. The molecule has 0 unspecified atom stereocenters. The van der Waals surface area contributed by atoms with Crippen LogP contribution in [0.2, 0.25) is 0 Å². The summed E-state index contributed by atoms with van der Waals surface area (Å²) in [5, 5.41) is 0. The van der Waals surface area contributed by atoms with Crippen molar-refractivity contribution in [2.45, 2.75) is 32.9 Å². The molecule has 0 aliphatic rings. The highest BCUT2D eigenvalue weighted by Crippen LogP contribution is 2.14. The Labute approximate surface area is 112 Å². The summed E-state index contributed by atoms with van der Waals surface area (Å²) < 4.78 is 35.6. The van der Waals surface area contributed by atoms with E-state index in [4.69, 9.17) is 0 Å². The number of aromatic nitrogens is 2. The van der Waals surface area contributed by atoms with Gasteiger partial charge in [-0.3, -0.25) is 14.4 Å². The Balaban J connectivity index is 2.87. The number of H-pyrrole nitrogens is 1. The Kier molecular flexibility index (Phi) is 4.88. The van der Waals surface area contributed by atoms with Crippen molar-refractivity contribution in [3.63, 3.8) is 0 Å². The van der Waals surface area contributed by atoms with E-state index in [9.17, 15) is 22.8 Å². The molecule has 0 aromatic carbocycles. The monoisotopic (exact) mass is 293 g/mol. The molecule has 1 aromatic heterocycles. The molecular formula is C11H14F3N3O3. The molecule has 6 nitrogen and oxygen atoms in total. The molecular weight excluding hydrogens is 279 g/mol. The van der Waals surface area contributed by atoms with E-state index in [2.05, 4.69) is 14.8 Å². The molecule has 1 amide bonds. The number of hydrogen-bond acceptors (Lipinski definition) is 4. The third-order valence-corrected chi connectivity index (χ3v) is 2.29. The topological polar surface area (TPSA) is 84.1 Å². The summed E-state index contributed by atoms with van der Waals surface area (Å²) in [5.74, 6) is -0.740. The quantitative estimate of drug-likeness (QED) is 0.822. The van der Waals surface area contributed by atoms with Crippen molar-refractivity contribution < 1.29 is 22.8 Å². The van der Waals surface area contributed by atoms with Gasteiger partial charge >= 0.3 is 6.18 Å². The maximum atomic E-state index is 11.9. The van der Waals surface area contributed by atoms with Crippen molar-refractivity contribution >= 4 is 5.91 Å². The summed E-state index contributed by atoms with van der Waals surface area (Å²) in [6.07, 6.45) is -4.57.